The van der Waals surface area contributed by atoms with Crippen LogP contribution in [0.5, 0.6) is 0 Å². The number of hydrogen-bond acceptors (Lipinski definition) is 6. The highest BCUT2D eigenvalue weighted by atomic mass is 32.2. The second kappa shape index (κ2) is 7.14. The maximum Gasteiger partial charge on any atom is 0.236 e. The fraction of sp³-hybridized carbons (Fsp3) is 0.438. The number of thioether (sulfide) groups is 1. The van der Waals surface area contributed by atoms with E-state index in [-0.39, 0.29) is 6.10 Å². The number of nitrogens with zero attached hydrogens (tertiary/aromatic N) is 4. The quantitative estimate of drug-likeness (QED) is 0.659. The standard InChI is InChI=1S/C16H20N4O2S/c1-4-21-12(3)15-18-14(22-19-15)10-23-9-13-8-20-7-5-6-11(2)16(20)17-13/h5-8,12H,4,9-10H2,1-3H3. The van der Waals surface area contributed by atoms with Crippen LogP contribution in [-0.4, -0.2) is 26.1 Å². The first-order valence-corrected chi connectivity index (χ1v) is 8.78. The monoisotopic (exact) mass is 332 g/mol. The zero-order chi connectivity index (χ0) is 16.2. The van der Waals surface area contributed by atoms with Crippen molar-refractivity contribution in [1.29, 1.82) is 0 Å². The van der Waals surface area contributed by atoms with Crippen molar-refractivity contribution >= 4 is 17.4 Å². The summed E-state index contributed by atoms with van der Waals surface area (Å²) >= 11 is 1.71. The SMILES string of the molecule is CCOC(C)c1noc(CSCc2cn3cccc(C)c3n2)n1. The lowest BCUT2D eigenvalue weighted by Crippen LogP contribution is -2.01. The number of aromatic nitrogens is 4. The molecule has 0 saturated heterocycles. The minimum Gasteiger partial charge on any atom is -0.371 e. The Hall–Kier alpha value is -1.86. The molecule has 1 atom stereocenters. The fourth-order valence-corrected chi connectivity index (χ4v) is 3.08. The summed E-state index contributed by atoms with van der Waals surface area (Å²) in [4.78, 5) is 9.02. The van der Waals surface area contributed by atoms with Gasteiger partial charge in [-0.1, -0.05) is 11.2 Å². The summed E-state index contributed by atoms with van der Waals surface area (Å²) < 4.78 is 12.8. The first kappa shape index (κ1) is 16.0. The van der Waals surface area contributed by atoms with E-state index in [2.05, 4.69) is 38.7 Å². The second-order valence-electron chi connectivity index (χ2n) is 5.29. The van der Waals surface area contributed by atoms with Crippen molar-refractivity contribution in [3.63, 3.8) is 0 Å². The molecule has 0 aliphatic rings. The average Bonchev–Trinajstić information content (AvgIpc) is 3.15. The van der Waals surface area contributed by atoms with Gasteiger partial charge in [-0.3, -0.25) is 0 Å². The minimum absolute atomic E-state index is 0.135. The Morgan fingerprint density at radius 3 is 3.00 bits per heavy atom. The molecule has 3 heterocycles. The highest BCUT2D eigenvalue weighted by Crippen LogP contribution is 2.20. The van der Waals surface area contributed by atoms with Crippen LogP contribution < -0.4 is 0 Å². The van der Waals surface area contributed by atoms with Crippen molar-refractivity contribution < 1.29 is 9.26 Å². The third-order valence-corrected chi connectivity index (χ3v) is 4.42. The molecule has 1 unspecified atom stereocenters. The topological polar surface area (TPSA) is 65.5 Å². The molecule has 0 N–H and O–H groups in total. The zero-order valence-electron chi connectivity index (χ0n) is 13.5. The van der Waals surface area contributed by atoms with Gasteiger partial charge < -0.3 is 13.7 Å². The van der Waals surface area contributed by atoms with Gasteiger partial charge in [0.2, 0.25) is 5.89 Å². The normalized spacial score (nSPS) is 12.8. The van der Waals surface area contributed by atoms with Gasteiger partial charge in [-0.2, -0.15) is 4.98 Å². The van der Waals surface area contributed by atoms with Crippen molar-refractivity contribution in [3.8, 4) is 0 Å². The molecule has 3 rings (SSSR count). The molecular formula is C16H20N4O2S. The average molecular weight is 332 g/mol. The Bertz CT molecular complexity index is 783. The largest absolute Gasteiger partial charge is 0.371 e. The number of fused-ring (bicyclic) bond motifs is 1. The second-order valence-corrected chi connectivity index (χ2v) is 6.28. The molecule has 0 saturated carbocycles. The first-order valence-electron chi connectivity index (χ1n) is 7.62. The molecule has 0 radical (unpaired) electrons. The van der Waals surface area contributed by atoms with Crippen LogP contribution in [-0.2, 0) is 16.2 Å². The highest BCUT2D eigenvalue weighted by Gasteiger charge is 2.13. The molecular weight excluding hydrogens is 312 g/mol. The maximum absolute atomic E-state index is 5.46. The van der Waals surface area contributed by atoms with Crippen LogP contribution in [0.3, 0.4) is 0 Å². The van der Waals surface area contributed by atoms with Gasteiger partial charge in [0, 0.05) is 24.8 Å². The van der Waals surface area contributed by atoms with Crippen molar-refractivity contribution in [2.75, 3.05) is 6.61 Å². The maximum atomic E-state index is 5.46. The predicted molar refractivity (Wildman–Crippen MR) is 89.3 cm³/mol. The number of hydrogen-bond donors (Lipinski definition) is 0. The summed E-state index contributed by atoms with van der Waals surface area (Å²) in [5, 5.41) is 3.96. The molecule has 6 nitrogen and oxygen atoms in total. The Morgan fingerprint density at radius 1 is 1.35 bits per heavy atom. The molecule has 3 aromatic rings. The number of pyridine rings is 1. The Morgan fingerprint density at radius 2 is 2.22 bits per heavy atom. The molecule has 3 aromatic heterocycles. The molecule has 0 aromatic carbocycles. The summed E-state index contributed by atoms with van der Waals surface area (Å²) in [5.74, 6) is 2.70. The first-order chi connectivity index (χ1) is 11.2. The van der Waals surface area contributed by atoms with Gasteiger partial charge >= 0.3 is 0 Å². The lowest BCUT2D eigenvalue weighted by molar-refractivity contribution is 0.0683. The minimum atomic E-state index is -0.135. The van der Waals surface area contributed by atoms with E-state index in [0.717, 1.165) is 17.1 Å². The Kier molecular flexibility index (Phi) is 4.97. The van der Waals surface area contributed by atoms with E-state index < -0.39 is 0 Å². The summed E-state index contributed by atoms with van der Waals surface area (Å²) in [6.45, 7) is 6.57. The smallest absolute Gasteiger partial charge is 0.236 e. The van der Waals surface area contributed by atoms with Gasteiger partial charge in [-0.15, -0.1) is 11.8 Å². The fourth-order valence-electron chi connectivity index (χ4n) is 2.33. The number of aryl methyl sites for hydroxylation is 1. The van der Waals surface area contributed by atoms with Crippen LogP contribution in [0.25, 0.3) is 5.65 Å². The zero-order valence-corrected chi connectivity index (χ0v) is 14.3. The molecule has 7 heteroatoms. The summed E-state index contributed by atoms with van der Waals surface area (Å²) in [6.07, 6.45) is 3.94. The van der Waals surface area contributed by atoms with E-state index in [1.54, 1.807) is 11.8 Å². The van der Waals surface area contributed by atoms with Crippen LogP contribution in [0.4, 0.5) is 0 Å². The van der Waals surface area contributed by atoms with Gasteiger partial charge in [0.1, 0.15) is 11.8 Å². The molecule has 0 bridgehead atoms. The van der Waals surface area contributed by atoms with E-state index in [0.29, 0.717) is 24.1 Å². The number of ether oxygens (including phenoxy) is 1. The predicted octanol–water partition coefficient (Wildman–Crippen LogP) is 3.56. The molecule has 0 fully saturated rings. The summed E-state index contributed by atoms with van der Waals surface area (Å²) in [7, 11) is 0. The Labute approximate surface area is 139 Å². The number of rotatable bonds is 7. The highest BCUT2D eigenvalue weighted by molar-refractivity contribution is 7.97. The van der Waals surface area contributed by atoms with Gasteiger partial charge in [-0.05, 0) is 32.4 Å². The van der Waals surface area contributed by atoms with E-state index in [9.17, 15) is 0 Å². The lowest BCUT2D eigenvalue weighted by atomic mass is 10.3. The van der Waals surface area contributed by atoms with Gasteiger partial charge in [0.25, 0.3) is 0 Å². The third kappa shape index (κ3) is 3.73. The molecule has 0 amide bonds. The molecule has 23 heavy (non-hydrogen) atoms. The van der Waals surface area contributed by atoms with Crippen LogP contribution in [0, 0.1) is 6.92 Å². The van der Waals surface area contributed by atoms with Crippen molar-refractivity contribution in [3.05, 3.63) is 47.5 Å². The van der Waals surface area contributed by atoms with Crippen LogP contribution in [0.1, 0.15) is 42.9 Å². The van der Waals surface area contributed by atoms with Crippen molar-refractivity contribution in [2.24, 2.45) is 0 Å². The summed E-state index contributed by atoms with van der Waals surface area (Å²) in [5.41, 5.74) is 3.23. The molecule has 122 valence electrons. The molecule has 0 aliphatic heterocycles. The molecule has 0 spiro atoms. The number of imidazole rings is 1. The summed E-state index contributed by atoms with van der Waals surface area (Å²) in [6, 6.07) is 4.10. The lowest BCUT2D eigenvalue weighted by Gasteiger charge is -2.04. The van der Waals surface area contributed by atoms with Gasteiger partial charge in [0.05, 0.1) is 11.4 Å². The van der Waals surface area contributed by atoms with Gasteiger partial charge in [-0.25, -0.2) is 4.98 Å². The van der Waals surface area contributed by atoms with Crippen LogP contribution >= 0.6 is 11.8 Å². The van der Waals surface area contributed by atoms with Crippen LogP contribution in [0.2, 0.25) is 0 Å². The third-order valence-electron chi connectivity index (χ3n) is 3.47. The van der Waals surface area contributed by atoms with E-state index >= 15 is 0 Å². The van der Waals surface area contributed by atoms with Crippen molar-refractivity contribution in [2.45, 2.75) is 38.4 Å². The van der Waals surface area contributed by atoms with Crippen molar-refractivity contribution in [1.82, 2.24) is 19.5 Å². The van der Waals surface area contributed by atoms with E-state index in [1.165, 1.54) is 5.56 Å². The van der Waals surface area contributed by atoms with Gasteiger partial charge in [0.15, 0.2) is 5.82 Å². The van der Waals surface area contributed by atoms with Crippen LogP contribution in [0.15, 0.2) is 29.0 Å². The molecule has 0 aliphatic carbocycles. The van der Waals surface area contributed by atoms with E-state index in [1.807, 2.05) is 26.1 Å². The Balaban J connectivity index is 1.57. The van der Waals surface area contributed by atoms with E-state index in [4.69, 9.17) is 9.26 Å².